The molecular weight excluding hydrogens is 331 g/mol. The van der Waals surface area contributed by atoms with Crippen LogP contribution in [0.1, 0.15) is 63.2 Å². The maximum Gasteiger partial charge on any atom is 0.253 e. The fourth-order valence-corrected chi connectivity index (χ4v) is 3.38. The van der Waals surface area contributed by atoms with Gasteiger partial charge in [-0.1, -0.05) is 26.7 Å². The van der Waals surface area contributed by atoms with Gasteiger partial charge in [0.1, 0.15) is 5.82 Å². The van der Waals surface area contributed by atoms with Crippen molar-refractivity contribution in [1.82, 2.24) is 10.2 Å². The molecule has 2 amide bonds. The second-order valence-corrected chi connectivity index (χ2v) is 7.81. The maximum atomic E-state index is 13.0. The van der Waals surface area contributed by atoms with Crippen LogP contribution in [0.25, 0.3) is 0 Å². The monoisotopic (exact) mass is 362 g/mol. The number of nitrogens with zero attached hydrogens (tertiary/aromatic N) is 1. The molecule has 0 aliphatic carbocycles. The topological polar surface area (TPSA) is 49.4 Å². The molecule has 1 atom stereocenters. The van der Waals surface area contributed by atoms with Crippen LogP contribution in [0, 0.1) is 17.7 Å². The van der Waals surface area contributed by atoms with Crippen molar-refractivity contribution in [1.29, 1.82) is 0 Å². The van der Waals surface area contributed by atoms with E-state index in [0.717, 1.165) is 12.8 Å². The number of amides is 2. The zero-order valence-corrected chi connectivity index (χ0v) is 16.1. The van der Waals surface area contributed by atoms with E-state index in [9.17, 15) is 14.0 Å². The Labute approximate surface area is 156 Å². The average molecular weight is 362 g/mol. The van der Waals surface area contributed by atoms with Gasteiger partial charge in [0.15, 0.2) is 0 Å². The molecule has 0 bridgehead atoms. The van der Waals surface area contributed by atoms with E-state index in [1.165, 1.54) is 30.7 Å². The summed E-state index contributed by atoms with van der Waals surface area (Å²) >= 11 is 0. The summed E-state index contributed by atoms with van der Waals surface area (Å²) in [6.07, 6.45) is 4.68. The van der Waals surface area contributed by atoms with Crippen LogP contribution >= 0.6 is 0 Å². The number of hydrogen-bond acceptors (Lipinski definition) is 2. The minimum absolute atomic E-state index is 0.0279. The molecule has 1 heterocycles. The number of rotatable bonds is 7. The third kappa shape index (κ3) is 6.11. The largest absolute Gasteiger partial charge is 0.353 e. The van der Waals surface area contributed by atoms with Gasteiger partial charge in [0.2, 0.25) is 5.91 Å². The van der Waals surface area contributed by atoms with Crippen molar-refractivity contribution in [2.45, 2.75) is 58.9 Å². The first kappa shape index (κ1) is 20.4. The van der Waals surface area contributed by atoms with Crippen LogP contribution in [0.2, 0.25) is 0 Å². The normalized spacial score (nSPS) is 16.6. The molecule has 1 N–H and O–H groups in total. The molecule has 4 nitrogen and oxygen atoms in total. The fraction of sp³-hybridized carbons (Fsp3) is 0.619. The van der Waals surface area contributed by atoms with Crippen molar-refractivity contribution in [3.05, 3.63) is 35.6 Å². The molecule has 144 valence electrons. The Morgan fingerprint density at radius 3 is 2.31 bits per heavy atom. The van der Waals surface area contributed by atoms with Crippen LogP contribution in [0.15, 0.2) is 24.3 Å². The maximum absolute atomic E-state index is 13.0. The lowest BCUT2D eigenvalue weighted by molar-refractivity contribution is -0.126. The first-order valence-electron chi connectivity index (χ1n) is 9.72. The fourth-order valence-electron chi connectivity index (χ4n) is 3.38. The number of carbonyl (C=O) groups is 2. The summed E-state index contributed by atoms with van der Waals surface area (Å²) in [5, 5.41) is 3.12. The Morgan fingerprint density at radius 1 is 1.12 bits per heavy atom. The number of likely N-dealkylation sites (tertiary alicyclic amines) is 1. The highest BCUT2D eigenvalue weighted by molar-refractivity contribution is 5.94. The summed E-state index contributed by atoms with van der Waals surface area (Å²) in [7, 11) is 0. The van der Waals surface area contributed by atoms with Crippen molar-refractivity contribution in [3.63, 3.8) is 0 Å². The number of carbonyl (C=O) groups excluding carboxylic acids is 2. The van der Waals surface area contributed by atoms with E-state index in [1.54, 1.807) is 4.90 Å². The average Bonchev–Trinajstić information content (AvgIpc) is 2.61. The molecule has 0 radical (unpaired) electrons. The molecule has 26 heavy (non-hydrogen) atoms. The minimum atomic E-state index is -0.348. The van der Waals surface area contributed by atoms with Gasteiger partial charge in [-0.3, -0.25) is 9.59 Å². The number of hydrogen-bond donors (Lipinski definition) is 1. The molecule has 0 aromatic heterocycles. The third-order valence-electron chi connectivity index (χ3n) is 5.05. The van der Waals surface area contributed by atoms with Gasteiger partial charge in [-0.2, -0.15) is 0 Å². The predicted molar refractivity (Wildman–Crippen MR) is 101 cm³/mol. The summed E-state index contributed by atoms with van der Waals surface area (Å²) in [4.78, 5) is 26.6. The second kappa shape index (κ2) is 9.70. The van der Waals surface area contributed by atoms with E-state index in [-0.39, 0.29) is 29.6 Å². The standard InChI is InChI=1S/C21H31FN2O2/c1-15(2)5-4-6-16(3)23-20(25)17-11-13-24(14-12-17)21(26)18-7-9-19(22)10-8-18/h7-10,15-17H,4-6,11-14H2,1-3H3,(H,23,25)/t16-/m1/s1. The van der Waals surface area contributed by atoms with Crippen molar-refractivity contribution >= 4 is 11.8 Å². The Bertz CT molecular complexity index is 593. The van der Waals surface area contributed by atoms with E-state index < -0.39 is 0 Å². The molecule has 1 aliphatic heterocycles. The molecule has 1 aromatic carbocycles. The van der Waals surface area contributed by atoms with Gasteiger partial charge in [0, 0.05) is 30.6 Å². The van der Waals surface area contributed by atoms with Crippen LogP contribution in [0.4, 0.5) is 4.39 Å². The summed E-state index contributed by atoms with van der Waals surface area (Å²) in [6, 6.07) is 5.81. The number of halogens is 1. The molecule has 2 rings (SSSR count). The third-order valence-corrected chi connectivity index (χ3v) is 5.05. The molecule has 0 saturated carbocycles. The molecule has 5 heteroatoms. The van der Waals surface area contributed by atoms with Crippen molar-refractivity contribution in [2.75, 3.05) is 13.1 Å². The van der Waals surface area contributed by atoms with Crippen molar-refractivity contribution in [3.8, 4) is 0 Å². The first-order chi connectivity index (χ1) is 12.4. The molecule has 0 unspecified atom stereocenters. The zero-order chi connectivity index (χ0) is 19.1. The van der Waals surface area contributed by atoms with Crippen LogP contribution in [0.3, 0.4) is 0 Å². The summed E-state index contributed by atoms with van der Waals surface area (Å²) in [5.41, 5.74) is 0.494. The molecule has 1 aliphatic rings. The quantitative estimate of drug-likeness (QED) is 0.797. The Balaban J connectivity index is 1.75. The van der Waals surface area contributed by atoms with Gasteiger partial charge in [0.05, 0.1) is 0 Å². The molecule has 1 aromatic rings. The van der Waals surface area contributed by atoms with Gasteiger partial charge in [-0.05, 0) is 56.4 Å². The molecular formula is C21H31FN2O2. The Morgan fingerprint density at radius 2 is 1.73 bits per heavy atom. The van der Waals surface area contributed by atoms with Crippen LogP contribution < -0.4 is 5.32 Å². The van der Waals surface area contributed by atoms with Crippen LogP contribution in [0.5, 0.6) is 0 Å². The van der Waals surface area contributed by atoms with Gasteiger partial charge in [-0.15, -0.1) is 0 Å². The highest BCUT2D eigenvalue weighted by Crippen LogP contribution is 2.20. The zero-order valence-electron chi connectivity index (χ0n) is 16.1. The number of piperidine rings is 1. The minimum Gasteiger partial charge on any atom is -0.353 e. The molecule has 1 saturated heterocycles. The lowest BCUT2D eigenvalue weighted by atomic mass is 9.94. The number of nitrogens with one attached hydrogen (secondary N) is 1. The lowest BCUT2D eigenvalue weighted by Crippen LogP contribution is -2.44. The van der Waals surface area contributed by atoms with E-state index in [0.29, 0.717) is 37.4 Å². The highest BCUT2D eigenvalue weighted by atomic mass is 19.1. The highest BCUT2D eigenvalue weighted by Gasteiger charge is 2.28. The van der Waals surface area contributed by atoms with Crippen LogP contribution in [-0.4, -0.2) is 35.8 Å². The van der Waals surface area contributed by atoms with E-state index in [1.807, 2.05) is 0 Å². The summed E-state index contributed by atoms with van der Waals surface area (Å²) in [5.74, 6) is 0.335. The second-order valence-electron chi connectivity index (χ2n) is 7.81. The van der Waals surface area contributed by atoms with E-state index in [4.69, 9.17) is 0 Å². The Kier molecular flexibility index (Phi) is 7.61. The predicted octanol–water partition coefficient (Wildman–Crippen LogP) is 4.01. The Hall–Kier alpha value is -1.91. The van der Waals surface area contributed by atoms with E-state index >= 15 is 0 Å². The van der Waals surface area contributed by atoms with Gasteiger partial charge in [0.25, 0.3) is 5.91 Å². The molecule has 0 spiro atoms. The SMILES string of the molecule is CC(C)CCC[C@@H](C)NC(=O)C1CCN(C(=O)c2ccc(F)cc2)CC1. The van der Waals surface area contributed by atoms with Crippen LogP contribution in [-0.2, 0) is 4.79 Å². The van der Waals surface area contributed by atoms with Gasteiger partial charge >= 0.3 is 0 Å². The summed E-state index contributed by atoms with van der Waals surface area (Å²) < 4.78 is 13.0. The first-order valence-corrected chi connectivity index (χ1v) is 9.72. The van der Waals surface area contributed by atoms with E-state index in [2.05, 4.69) is 26.1 Å². The number of benzene rings is 1. The van der Waals surface area contributed by atoms with Crippen molar-refractivity contribution in [2.24, 2.45) is 11.8 Å². The molecule has 1 fully saturated rings. The summed E-state index contributed by atoms with van der Waals surface area (Å²) in [6.45, 7) is 7.62. The van der Waals surface area contributed by atoms with Crippen molar-refractivity contribution < 1.29 is 14.0 Å². The van der Waals surface area contributed by atoms with Gasteiger partial charge < -0.3 is 10.2 Å². The van der Waals surface area contributed by atoms with Gasteiger partial charge in [-0.25, -0.2) is 4.39 Å². The lowest BCUT2D eigenvalue weighted by Gasteiger charge is -2.32. The smallest absolute Gasteiger partial charge is 0.253 e.